The molecule has 2 saturated carbocycles. The van der Waals surface area contributed by atoms with Crippen molar-refractivity contribution in [1.82, 2.24) is 0 Å². The van der Waals surface area contributed by atoms with Crippen LogP contribution in [0.1, 0.15) is 56.1 Å². The molecule has 0 amide bonds. The van der Waals surface area contributed by atoms with Gasteiger partial charge in [0.15, 0.2) is 11.4 Å². The first-order valence-corrected chi connectivity index (χ1v) is 14.0. The Balaban J connectivity index is 1.43. The number of fused-ring (bicyclic) bond motifs is 5. The van der Waals surface area contributed by atoms with Crippen LogP contribution in [0.4, 0.5) is 22.0 Å². The van der Waals surface area contributed by atoms with E-state index in [9.17, 15) is 23.1 Å². The van der Waals surface area contributed by atoms with E-state index in [0.717, 1.165) is 22.3 Å². The van der Waals surface area contributed by atoms with Crippen molar-refractivity contribution < 1.29 is 31.9 Å². The predicted molar refractivity (Wildman–Crippen MR) is 143 cm³/mol. The SMILES string of the molecule is C[C@]12CC(c3ccc(-c4ccc(C#N)cc4)cc3)C3C4CCC(=O)C=C4CCC3C1C=CC2(O)C(F)(F)C(F)(F)F. The molecule has 2 aromatic carbocycles. The maximum absolute atomic E-state index is 15.1. The largest absolute Gasteiger partial charge is 0.456 e. The van der Waals surface area contributed by atoms with Crippen molar-refractivity contribution in [2.75, 3.05) is 0 Å². The van der Waals surface area contributed by atoms with Crippen molar-refractivity contribution in [1.29, 1.82) is 5.26 Å². The second-order valence-electron chi connectivity index (χ2n) is 12.4. The van der Waals surface area contributed by atoms with Crippen LogP contribution in [0.2, 0.25) is 0 Å². The van der Waals surface area contributed by atoms with Crippen molar-refractivity contribution in [3.63, 3.8) is 0 Å². The van der Waals surface area contributed by atoms with Gasteiger partial charge in [-0.2, -0.15) is 27.2 Å². The van der Waals surface area contributed by atoms with Gasteiger partial charge in [-0.1, -0.05) is 55.0 Å². The topological polar surface area (TPSA) is 61.1 Å². The highest BCUT2D eigenvalue weighted by molar-refractivity contribution is 5.91. The third-order valence-electron chi connectivity index (χ3n) is 10.5. The van der Waals surface area contributed by atoms with E-state index in [1.165, 1.54) is 13.0 Å². The summed E-state index contributed by atoms with van der Waals surface area (Å²) in [6.45, 7) is 1.39. The lowest BCUT2D eigenvalue weighted by Gasteiger charge is -2.59. The minimum absolute atomic E-state index is 0.0319. The number of rotatable bonds is 3. The Labute approximate surface area is 235 Å². The lowest BCUT2D eigenvalue weighted by atomic mass is 9.46. The molecule has 1 N–H and O–H groups in total. The summed E-state index contributed by atoms with van der Waals surface area (Å²) in [6, 6.07) is 16.8. The highest BCUT2D eigenvalue weighted by atomic mass is 19.4. The van der Waals surface area contributed by atoms with Crippen molar-refractivity contribution >= 4 is 5.78 Å². The fourth-order valence-corrected chi connectivity index (χ4v) is 8.47. The van der Waals surface area contributed by atoms with Gasteiger partial charge in [-0.25, -0.2) is 0 Å². The zero-order valence-electron chi connectivity index (χ0n) is 22.5. The monoisotopic (exact) mass is 567 g/mol. The minimum atomic E-state index is -5.91. The van der Waals surface area contributed by atoms with E-state index in [2.05, 4.69) is 6.07 Å². The Morgan fingerprint density at radius 3 is 2.17 bits per heavy atom. The standard InChI is InChI=1S/C33H30F5NO2/c1-30-17-27(22-8-6-21(7-9-22)20-4-2-19(18-39)3-5-20)29-25-13-11-24(40)16-23(25)10-12-26(29)28(30)14-15-31(30,41)32(34,35)33(36,37)38/h2-9,14-16,25-29,41H,10-13,17H2,1H3/t25?,26?,27?,28?,29?,30-,31?/m0/s1. The first-order chi connectivity index (χ1) is 19.3. The number of allylic oxidation sites excluding steroid dienone is 3. The van der Waals surface area contributed by atoms with Gasteiger partial charge in [-0.15, -0.1) is 0 Å². The predicted octanol–water partition coefficient (Wildman–Crippen LogP) is 7.77. The van der Waals surface area contributed by atoms with Crippen molar-refractivity contribution in [3.05, 3.63) is 83.5 Å². The molecule has 214 valence electrons. The molecule has 0 heterocycles. The number of alkyl halides is 5. The summed E-state index contributed by atoms with van der Waals surface area (Å²) in [5.41, 5.74) is -0.977. The highest BCUT2D eigenvalue weighted by Gasteiger charge is 2.78. The molecule has 4 aliphatic carbocycles. The summed E-state index contributed by atoms with van der Waals surface area (Å²) >= 11 is 0. The van der Waals surface area contributed by atoms with Gasteiger partial charge < -0.3 is 5.11 Å². The van der Waals surface area contributed by atoms with Gasteiger partial charge in [-0.3, -0.25) is 4.79 Å². The summed E-state index contributed by atoms with van der Waals surface area (Å²) in [4.78, 5) is 12.2. The Morgan fingerprint density at radius 1 is 0.927 bits per heavy atom. The summed E-state index contributed by atoms with van der Waals surface area (Å²) in [7, 11) is 0. The zero-order valence-corrected chi connectivity index (χ0v) is 22.5. The first kappa shape index (κ1) is 27.8. The molecule has 2 fully saturated rings. The third-order valence-corrected chi connectivity index (χ3v) is 10.5. The lowest BCUT2D eigenvalue weighted by molar-refractivity contribution is -0.354. The van der Waals surface area contributed by atoms with Gasteiger partial charge in [-0.05, 0) is 96.2 Å². The van der Waals surface area contributed by atoms with E-state index in [0.29, 0.717) is 37.3 Å². The molecule has 0 spiro atoms. The van der Waals surface area contributed by atoms with E-state index in [-0.39, 0.29) is 30.0 Å². The number of carbonyl (C=O) groups excluding carboxylic acids is 1. The second kappa shape index (κ2) is 9.35. The van der Waals surface area contributed by atoms with Crippen molar-refractivity contribution in [3.8, 4) is 17.2 Å². The molecule has 6 unspecified atom stereocenters. The molecule has 3 nitrogen and oxygen atoms in total. The van der Waals surface area contributed by atoms with E-state index in [1.807, 2.05) is 36.4 Å². The van der Waals surface area contributed by atoms with Gasteiger partial charge >= 0.3 is 12.1 Å². The number of hydrogen-bond acceptors (Lipinski definition) is 3. The molecule has 0 saturated heterocycles. The molecule has 2 aromatic rings. The Hall–Kier alpha value is -3.31. The van der Waals surface area contributed by atoms with Gasteiger partial charge in [0.25, 0.3) is 0 Å². The molecule has 4 aliphatic rings. The van der Waals surface area contributed by atoms with Crippen LogP contribution in [0.5, 0.6) is 0 Å². The van der Waals surface area contributed by atoms with E-state index < -0.39 is 35.0 Å². The summed E-state index contributed by atoms with van der Waals surface area (Å²) in [6.07, 6.45) is 0.0276. The van der Waals surface area contributed by atoms with Crippen LogP contribution >= 0.6 is 0 Å². The molecule has 0 radical (unpaired) electrons. The fourth-order valence-electron chi connectivity index (χ4n) is 8.47. The number of carbonyl (C=O) groups is 1. The molecule has 0 bridgehead atoms. The molecule has 7 atom stereocenters. The minimum Gasteiger partial charge on any atom is -0.378 e. The Morgan fingerprint density at radius 2 is 1.56 bits per heavy atom. The average molecular weight is 568 g/mol. The molecule has 41 heavy (non-hydrogen) atoms. The van der Waals surface area contributed by atoms with E-state index >= 15 is 8.78 Å². The quantitative estimate of drug-likeness (QED) is 0.305. The number of nitrogens with zero attached hydrogens (tertiary/aromatic N) is 1. The normalized spacial score (nSPS) is 34.7. The Bertz CT molecular complexity index is 1470. The van der Waals surface area contributed by atoms with Crippen molar-refractivity contribution in [2.45, 2.75) is 62.6 Å². The highest BCUT2D eigenvalue weighted by Crippen LogP contribution is 2.69. The van der Waals surface area contributed by atoms with E-state index in [4.69, 9.17) is 5.26 Å². The maximum Gasteiger partial charge on any atom is 0.456 e. The van der Waals surface area contributed by atoms with Crippen molar-refractivity contribution in [2.24, 2.45) is 29.1 Å². The number of nitriles is 1. The molecule has 0 aromatic heterocycles. The fraction of sp³-hybridized carbons (Fsp3) is 0.455. The van der Waals surface area contributed by atoms with Crippen LogP contribution in [-0.4, -0.2) is 28.6 Å². The van der Waals surface area contributed by atoms with Gasteiger partial charge in [0.2, 0.25) is 0 Å². The number of benzene rings is 2. The maximum atomic E-state index is 15.1. The third kappa shape index (κ3) is 4.03. The van der Waals surface area contributed by atoms with Crippen LogP contribution in [0.15, 0.2) is 72.3 Å². The number of halogens is 5. The molecular formula is C33H30F5NO2. The summed E-state index contributed by atoms with van der Waals surface area (Å²) in [5.74, 6) is -6.56. The van der Waals surface area contributed by atoms with Crippen LogP contribution in [0.25, 0.3) is 11.1 Å². The molecule has 8 heteroatoms. The Kier molecular flexibility index (Phi) is 6.35. The lowest BCUT2D eigenvalue weighted by Crippen LogP contribution is -2.66. The first-order valence-electron chi connectivity index (χ1n) is 14.0. The average Bonchev–Trinajstić information content (AvgIpc) is 3.23. The van der Waals surface area contributed by atoms with Crippen LogP contribution in [0, 0.1) is 40.4 Å². The number of ketones is 1. The van der Waals surface area contributed by atoms with Gasteiger partial charge in [0, 0.05) is 11.8 Å². The van der Waals surface area contributed by atoms with Crippen LogP contribution < -0.4 is 0 Å². The molecule has 6 rings (SSSR count). The van der Waals surface area contributed by atoms with Gasteiger partial charge in [0.05, 0.1) is 11.6 Å². The number of hydrogen-bond donors (Lipinski definition) is 1. The van der Waals surface area contributed by atoms with Crippen LogP contribution in [-0.2, 0) is 4.79 Å². The molecule has 0 aliphatic heterocycles. The second-order valence-corrected chi connectivity index (χ2v) is 12.4. The smallest absolute Gasteiger partial charge is 0.378 e. The van der Waals surface area contributed by atoms with E-state index in [1.54, 1.807) is 18.2 Å². The zero-order chi connectivity index (χ0) is 29.4. The summed E-state index contributed by atoms with van der Waals surface area (Å²) in [5, 5.41) is 20.4. The summed E-state index contributed by atoms with van der Waals surface area (Å²) < 4.78 is 71.4. The van der Waals surface area contributed by atoms with Crippen LogP contribution in [0.3, 0.4) is 0 Å². The molecular weight excluding hydrogens is 537 g/mol. The number of aliphatic hydroxyl groups is 1. The van der Waals surface area contributed by atoms with Gasteiger partial charge in [0.1, 0.15) is 0 Å².